The normalized spacial score (nSPS) is 13.9. The first-order chi connectivity index (χ1) is 19.1. The van der Waals surface area contributed by atoms with Gasteiger partial charge in [0.05, 0.1) is 5.39 Å². The van der Waals surface area contributed by atoms with Gasteiger partial charge in [0.2, 0.25) is 5.91 Å². The SMILES string of the molecule is O=C(/C=C/c1ccc(F)cc1)N1CCN(c2ncnc3c2c(-c2ccccc2)cn3-c2cccc(Cl)c2)CC1. The van der Waals surface area contributed by atoms with Crippen molar-refractivity contribution in [3.05, 3.63) is 114 Å². The van der Waals surface area contributed by atoms with E-state index in [1.807, 2.05) is 47.4 Å². The zero-order valence-corrected chi connectivity index (χ0v) is 21.8. The van der Waals surface area contributed by atoms with Gasteiger partial charge < -0.3 is 14.4 Å². The van der Waals surface area contributed by atoms with Gasteiger partial charge in [0.1, 0.15) is 18.0 Å². The molecule has 0 N–H and O–H groups in total. The number of nitrogens with zero attached hydrogens (tertiary/aromatic N) is 5. The molecule has 6 rings (SSSR count). The lowest BCUT2D eigenvalue weighted by atomic mass is 10.1. The summed E-state index contributed by atoms with van der Waals surface area (Å²) in [5.74, 6) is 0.476. The molecule has 0 bridgehead atoms. The molecule has 3 aromatic carbocycles. The Balaban J connectivity index is 1.30. The van der Waals surface area contributed by atoms with Crippen LogP contribution in [0.15, 0.2) is 97.5 Å². The number of rotatable bonds is 5. The van der Waals surface area contributed by atoms with Gasteiger partial charge in [0.25, 0.3) is 0 Å². The van der Waals surface area contributed by atoms with Gasteiger partial charge in [-0.1, -0.05) is 60.1 Å². The molecule has 0 atom stereocenters. The van der Waals surface area contributed by atoms with Crippen molar-refractivity contribution in [2.75, 3.05) is 31.1 Å². The van der Waals surface area contributed by atoms with Gasteiger partial charge in [-0.05, 0) is 47.5 Å². The van der Waals surface area contributed by atoms with Crippen LogP contribution < -0.4 is 4.90 Å². The van der Waals surface area contributed by atoms with E-state index in [0.717, 1.165) is 39.2 Å². The molecule has 0 radical (unpaired) electrons. The summed E-state index contributed by atoms with van der Waals surface area (Å²) < 4.78 is 15.2. The molecule has 1 aliphatic heterocycles. The first-order valence-corrected chi connectivity index (χ1v) is 13.1. The van der Waals surface area contributed by atoms with Crippen molar-refractivity contribution in [2.24, 2.45) is 0 Å². The largest absolute Gasteiger partial charge is 0.352 e. The van der Waals surface area contributed by atoms with E-state index in [-0.39, 0.29) is 11.7 Å². The molecule has 1 aliphatic rings. The van der Waals surface area contributed by atoms with E-state index in [2.05, 4.69) is 32.8 Å². The Bertz CT molecular complexity index is 1660. The average Bonchev–Trinajstić information content (AvgIpc) is 3.37. The number of carbonyl (C=O) groups is 1. The minimum atomic E-state index is -0.299. The van der Waals surface area contributed by atoms with Crippen LogP contribution in [0.5, 0.6) is 0 Å². The highest BCUT2D eigenvalue weighted by Crippen LogP contribution is 2.37. The lowest BCUT2D eigenvalue weighted by molar-refractivity contribution is -0.126. The molecular formula is C31H25ClFN5O. The van der Waals surface area contributed by atoms with Crippen LogP contribution in [0.4, 0.5) is 10.2 Å². The minimum Gasteiger partial charge on any atom is -0.352 e. The summed E-state index contributed by atoms with van der Waals surface area (Å²) in [7, 11) is 0. The van der Waals surface area contributed by atoms with Crippen molar-refractivity contribution >= 4 is 40.4 Å². The van der Waals surface area contributed by atoms with Crippen LogP contribution in [-0.4, -0.2) is 51.5 Å². The van der Waals surface area contributed by atoms with Crippen molar-refractivity contribution in [2.45, 2.75) is 0 Å². The van der Waals surface area contributed by atoms with Gasteiger partial charge in [0, 0.05) is 54.7 Å². The maximum atomic E-state index is 13.2. The Morgan fingerprint density at radius 1 is 0.897 bits per heavy atom. The number of halogens is 2. The first-order valence-electron chi connectivity index (χ1n) is 12.7. The molecule has 6 nitrogen and oxygen atoms in total. The fraction of sp³-hybridized carbons (Fsp3) is 0.129. The molecule has 1 amide bonds. The average molecular weight is 538 g/mol. The number of anilines is 1. The molecule has 0 spiro atoms. The molecule has 8 heteroatoms. The highest BCUT2D eigenvalue weighted by atomic mass is 35.5. The van der Waals surface area contributed by atoms with Gasteiger partial charge in [-0.2, -0.15) is 0 Å². The molecule has 0 saturated carbocycles. The topological polar surface area (TPSA) is 54.3 Å². The third kappa shape index (κ3) is 5.13. The zero-order chi connectivity index (χ0) is 26.8. The van der Waals surface area contributed by atoms with E-state index >= 15 is 0 Å². The number of piperazine rings is 1. The molecule has 0 aliphatic carbocycles. The van der Waals surface area contributed by atoms with Gasteiger partial charge in [-0.15, -0.1) is 0 Å². The predicted octanol–water partition coefficient (Wildman–Crippen LogP) is 6.24. The molecule has 0 unspecified atom stereocenters. The van der Waals surface area contributed by atoms with Crippen LogP contribution in [0.2, 0.25) is 5.02 Å². The number of fused-ring (bicyclic) bond motifs is 1. The van der Waals surface area contributed by atoms with Crippen LogP contribution in [0, 0.1) is 5.82 Å². The third-order valence-electron chi connectivity index (χ3n) is 6.91. The fourth-order valence-corrected chi connectivity index (χ4v) is 5.11. The molecule has 1 saturated heterocycles. The predicted molar refractivity (Wildman–Crippen MR) is 154 cm³/mol. The Morgan fingerprint density at radius 3 is 2.41 bits per heavy atom. The van der Waals surface area contributed by atoms with Gasteiger partial charge in [0.15, 0.2) is 5.65 Å². The van der Waals surface area contributed by atoms with Crippen molar-refractivity contribution in [3.8, 4) is 16.8 Å². The van der Waals surface area contributed by atoms with Crippen LogP contribution in [0.1, 0.15) is 5.56 Å². The summed E-state index contributed by atoms with van der Waals surface area (Å²) in [5.41, 5.74) is 4.59. The minimum absolute atomic E-state index is 0.0658. The molecule has 1 fully saturated rings. The van der Waals surface area contributed by atoms with Crippen molar-refractivity contribution < 1.29 is 9.18 Å². The first kappa shape index (κ1) is 24.8. The standard InChI is InChI=1S/C31H25ClFN5O/c32-24-7-4-8-26(19-24)38-20-27(23-5-2-1-3-6-23)29-30(34-21-35-31(29)38)37-17-15-36(16-18-37)28(39)14-11-22-9-12-25(33)13-10-22/h1-14,19-21H,15-18H2/b14-11+. The van der Waals surface area contributed by atoms with Crippen LogP contribution >= 0.6 is 11.6 Å². The summed E-state index contributed by atoms with van der Waals surface area (Å²) in [5, 5.41) is 1.61. The second-order valence-corrected chi connectivity index (χ2v) is 9.79. The molecular weight excluding hydrogens is 513 g/mol. The molecule has 39 heavy (non-hydrogen) atoms. The highest BCUT2D eigenvalue weighted by Gasteiger charge is 2.25. The van der Waals surface area contributed by atoms with Crippen molar-refractivity contribution in [1.82, 2.24) is 19.4 Å². The Morgan fingerprint density at radius 2 is 1.67 bits per heavy atom. The van der Waals surface area contributed by atoms with Gasteiger partial charge >= 0.3 is 0 Å². The van der Waals surface area contributed by atoms with Gasteiger partial charge in [-0.25, -0.2) is 14.4 Å². The number of hydrogen-bond donors (Lipinski definition) is 0. The van der Waals surface area contributed by atoms with E-state index in [9.17, 15) is 9.18 Å². The summed E-state index contributed by atoms with van der Waals surface area (Å²) in [6.45, 7) is 2.40. The van der Waals surface area contributed by atoms with E-state index in [0.29, 0.717) is 31.2 Å². The molecule has 5 aromatic rings. The summed E-state index contributed by atoms with van der Waals surface area (Å²) in [6.07, 6.45) is 6.94. The van der Waals surface area contributed by atoms with Gasteiger partial charge in [-0.3, -0.25) is 4.79 Å². The second kappa shape index (κ2) is 10.7. The summed E-state index contributed by atoms with van der Waals surface area (Å²) in [4.78, 5) is 26.3. The Kier molecular flexibility index (Phi) is 6.82. The second-order valence-electron chi connectivity index (χ2n) is 9.35. The van der Waals surface area contributed by atoms with Crippen molar-refractivity contribution in [1.29, 1.82) is 0 Å². The quantitative estimate of drug-likeness (QED) is 0.249. The lowest BCUT2D eigenvalue weighted by Gasteiger charge is -2.35. The number of hydrogen-bond acceptors (Lipinski definition) is 4. The van der Waals surface area contributed by atoms with Crippen LogP contribution in [-0.2, 0) is 4.79 Å². The zero-order valence-electron chi connectivity index (χ0n) is 21.0. The number of amides is 1. The van der Waals surface area contributed by atoms with E-state index in [1.54, 1.807) is 30.6 Å². The lowest BCUT2D eigenvalue weighted by Crippen LogP contribution is -2.48. The number of carbonyl (C=O) groups excluding carboxylic acids is 1. The fourth-order valence-electron chi connectivity index (χ4n) is 4.93. The Labute approximate surface area is 230 Å². The number of aromatic nitrogens is 3. The molecule has 2 aromatic heterocycles. The summed E-state index contributed by atoms with van der Waals surface area (Å²) >= 11 is 6.32. The smallest absolute Gasteiger partial charge is 0.246 e. The van der Waals surface area contributed by atoms with E-state index < -0.39 is 0 Å². The number of benzene rings is 3. The maximum Gasteiger partial charge on any atom is 0.246 e. The maximum absolute atomic E-state index is 13.2. The summed E-state index contributed by atoms with van der Waals surface area (Å²) in [6, 6.07) is 24.0. The molecule has 194 valence electrons. The molecule has 3 heterocycles. The third-order valence-corrected chi connectivity index (χ3v) is 7.15. The van der Waals surface area contributed by atoms with E-state index in [4.69, 9.17) is 16.6 Å². The van der Waals surface area contributed by atoms with Crippen molar-refractivity contribution in [3.63, 3.8) is 0 Å². The monoisotopic (exact) mass is 537 g/mol. The van der Waals surface area contributed by atoms with Crippen LogP contribution in [0.3, 0.4) is 0 Å². The Hall–Kier alpha value is -4.49. The van der Waals surface area contributed by atoms with Crippen LogP contribution in [0.25, 0.3) is 33.9 Å². The van der Waals surface area contributed by atoms with E-state index in [1.165, 1.54) is 12.1 Å². The highest BCUT2D eigenvalue weighted by molar-refractivity contribution is 6.30.